The number of alkyl halides is 12. The third kappa shape index (κ3) is 17.6. The minimum Gasteiger partial charge on any atom is -0.491 e. The summed E-state index contributed by atoms with van der Waals surface area (Å²) in [5.41, 5.74) is -2.60. The van der Waals surface area contributed by atoms with Crippen molar-refractivity contribution in [2.75, 3.05) is 61.6 Å². The first-order chi connectivity index (χ1) is 47.3. The van der Waals surface area contributed by atoms with Crippen molar-refractivity contribution < 1.29 is 107 Å². The Balaban J connectivity index is 0.760. The number of ether oxygens (including phenoxy) is 4. The lowest BCUT2D eigenvalue weighted by atomic mass is 9.81. The van der Waals surface area contributed by atoms with Gasteiger partial charge in [0.2, 0.25) is 0 Å². The molecule has 0 saturated carbocycles. The molecule has 0 radical (unpaired) electrons. The Bertz CT molecular complexity index is 3930. The molecule has 0 aromatic heterocycles. The van der Waals surface area contributed by atoms with Crippen LogP contribution in [0.25, 0.3) is 22.3 Å². The van der Waals surface area contributed by atoms with E-state index in [9.17, 15) is 88.4 Å². The number of benzene rings is 8. The number of anilines is 4. The molecular weight excluding hydrogens is 1360 g/mol. The van der Waals surface area contributed by atoms with Gasteiger partial charge in [0.1, 0.15) is 67.7 Å². The quantitative estimate of drug-likeness (QED) is 0.0161. The highest BCUT2D eigenvalue weighted by Gasteiger charge is 2.56. The van der Waals surface area contributed by atoms with Crippen LogP contribution >= 0.6 is 0 Å². The van der Waals surface area contributed by atoms with Crippen molar-refractivity contribution in [3.8, 4) is 45.3 Å². The second kappa shape index (κ2) is 30.5. The maximum atomic E-state index is 14.5. The van der Waals surface area contributed by atoms with Gasteiger partial charge in [-0.15, -0.1) is 0 Å². The number of rotatable bonds is 28. The summed E-state index contributed by atoms with van der Waals surface area (Å²) in [7, 11) is 0. The topological polar surface area (TPSA) is 255 Å². The second-order valence-corrected chi connectivity index (χ2v) is 25.9. The highest BCUT2D eigenvalue weighted by Crippen LogP contribution is 2.51. The van der Waals surface area contributed by atoms with Gasteiger partial charge in [0, 0.05) is 58.1 Å². The van der Waals surface area contributed by atoms with Crippen molar-refractivity contribution in [2.45, 2.75) is 134 Å². The van der Waals surface area contributed by atoms with Crippen LogP contribution in [0.15, 0.2) is 146 Å². The molecule has 102 heavy (non-hydrogen) atoms. The molecule has 8 aromatic carbocycles. The third-order valence-corrected chi connectivity index (χ3v) is 18.0. The van der Waals surface area contributed by atoms with E-state index in [1.807, 2.05) is 48.5 Å². The van der Waals surface area contributed by atoms with E-state index in [0.717, 1.165) is 34.4 Å². The molecule has 0 aliphatic rings. The predicted molar refractivity (Wildman–Crippen MR) is 362 cm³/mol. The number of hydrogen-bond acceptors (Lipinski definition) is 15. The molecule has 15 nitrogen and oxygen atoms in total. The monoisotopic (exact) mass is 1440 g/mol. The lowest BCUT2D eigenvalue weighted by Crippen LogP contribution is -2.41. The van der Waals surface area contributed by atoms with Crippen molar-refractivity contribution in [3.63, 3.8) is 0 Å². The SMILES string of the molecule is Cc1c(-c2ccc(NCC(O)COc3ccc(Cc4ccc(OCC(O)COc5ccc(Cc6ccc(OCC(O)CNc7ccc(-c8ccc(N)c(C(C)(O)C(F)(F)F)c8C)c(C)c7C(C)(O)C(F)(F)F)cc6)cc5)cc4)cc3)c(C(C)(O)C(F)(F)F)c2C)ccc(N)c1C(C)(O)C(F)(F)F. The first-order valence-corrected chi connectivity index (χ1v) is 32.0. The Morgan fingerprint density at radius 1 is 0.324 bits per heavy atom. The van der Waals surface area contributed by atoms with Gasteiger partial charge in [0.05, 0.1) is 0 Å². The number of aliphatic hydroxyl groups is 7. The van der Waals surface area contributed by atoms with Crippen LogP contribution in [0.3, 0.4) is 0 Å². The number of aliphatic hydroxyl groups excluding tert-OH is 3. The number of nitrogens with one attached hydrogen (secondary N) is 2. The molecule has 8 aromatic rings. The van der Waals surface area contributed by atoms with Crippen molar-refractivity contribution >= 4 is 22.7 Å². The molecule has 0 bridgehead atoms. The molecule has 550 valence electrons. The molecule has 0 aliphatic carbocycles. The lowest BCUT2D eigenvalue weighted by Gasteiger charge is -2.33. The van der Waals surface area contributed by atoms with Gasteiger partial charge in [-0.1, -0.05) is 72.8 Å². The van der Waals surface area contributed by atoms with Crippen LogP contribution in [0.1, 0.15) is 94.5 Å². The zero-order valence-electron chi connectivity index (χ0n) is 56.7. The fraction of sp³-hybridized carbons (Fsp3) is 0.360. The Labute approximate surface area is 580 Å². The van der Waals surface area contributed by atoms with E-state index in [1.54, 1.807) is 48.5 Å². The summed E-state index contributed by atoms with van der Waals surface area (Å²) < 4.78 is 194. The summed E-state index contributed by atoms with van der Waals surface area (Å²) in [5.74, 6) is 1.76. The molecule has 0 saturated heterocycles. The van der Waals surface area contributed by atoms with Crippen molar-refractivity contribution in [1.82, 2.24) is 0 Å². The zero-order valence-corrected chi connectivity index (χ0v) is 56.7. The van der Waals surface area contributed by atoms with E-state index in [2.05, 4.69) is 10.6 Å². The maximum Gasteiger partial charge on any atom is 0.421 e. The van der Waals surface area contributed by atoms with E-state index in [1.165, 1.54) is 64.1 Å². The van der Waals surface area contributed by atoms with E-state index < -0.39 is 87.7 Å². The lowest BCUT2D eigenvalue weighted by molar-refractivity contribution is -0.259. The molecule has 6 unspecified atom stereocenters. The Morgan fingerprint density at radius 2 is 0.539 bits per heavy atom. The van der Waals surface area contributed by atoms with Gasteiger partial charge in [-0.05, 0) is 208 Å². The minimum absolute atomic E-state index is 0.0310. The van der Waals surface area contributed by atoms with Gasteiger partial charge >= 0.3 is 24.7 Å². The highest BCUT2D eigenvalue weighted by atomic mass is 19.4. The normalized spacial score (nSPS) is 15.6. The average molecular weight is 1440 g/mol. The molecule has 0 spiro atoms. The largest absolute Gasteiger partial charge is 0.491 e. The summed E-state index contributed by atoms with van der Waals surface area (Å²) >= 11 is 0. The van der Waals surface area contributed by atoms with E-state index >= 15 is 0 Å². The molecule has 0 amide bonds. The molecule has 0 aliphatic heterocycles. The summed E-state index contributed by atoms with van der Waals surface area (Å²) in [6, 6.07) is 38.4. The molecule has 6 atom stereocenters. The van der Waals surface area contributed by atoms with Gasteiger partial charge in [-0.2, -0.15) is 52.7 Å². The van der Waals surface area contributed by atoms with Crippen LogP contribution in [0.5, 0.6) is 23.0 Å². The van der Waals surface area contributed by atoms with E-state index in [0.29, 0.717) is 63.5 Å². The second-order valence-electron chi connectivity index (χ2n) is 25.9. The van der Waals surface area contributed by atoms with E-state index in [-0.39, 0.29) is 107 Å². The fourth-order valence-corrected chi connectivity index (χ4v) is 12.1. The number of nitrogens with two attached hydrogens (primary N) is 2. The molecular formula is C75H80F12N4O11. The number of nitrogen functional groups attached to an aromatic ring is 2. The third-order valence-electron chi connectivity index (χ3n) is 18.0. The van der Waals surface area contributed by atoms with Gasteiger partial charge in [-0.25, -0.2) is 0 Å². The van der Waals surface area contributed by atoms with Gasteiger partial charge < -0.3 is 76.8 Å². The predicted octanol–water partition coefficient (Wildman–Crippen LogP) is 14.2. The van der Waals surface area contributed by atoms with Crippen molar-refractivity contribution in [1.29, 1.82) is 0 Å². The van der Waals surface area contributed by atoms with Crippen molar-refractivity contribution in [2.24, 2.45) is 0 Å². The number of hydrogen-bond donors (Lipinski definition) is 11. The Kier molecular flexibility index (Phi) is 23.6. The summed E-state index contributed by atoms with van der Waals surface area (Å²) in [6.45, 7) is 5.75. The first-order valence-electron chi connectivity index (χ1n) is 32.0. The van der Waals surface area contributed by atoms with Crippen LogP contribution in [0.4, 0.5) is 75.4 Å². The highest BCUT2D eigenvalue weighted by molar-refractivity contribution is 5.81. The molecule has 27 heteroatoms. The van der Waals surface area contributed by atoms with Crippen molar-refractivity contribution in [3.05, 3.63) is 212 Å². The van der Waals surface area contributed by atoms with E-state index in [4.69, 9.17) is 30.4 Å². The Morgan fingerprint density at radius 3 is 0.784 bits per heavy atom. The number of halogens is 12. The zero-order chi connectivity index (χ0) is 75.5. The molecule has 0 fully saturated rings. The fourth-order valence-electron chi connectivity index (χ4n) is 12.1. The maximum absolute atomic E-state index is 14.5. The summed E-state index contributed by atoms with van der Waals surface area (Å²) in [5, 5.41) is 81.1. The molecule has 13 N–H and O–H groups in total. The first kappa shape index (κ1) is 78.8. The van der Waals surface area contributed by atoms with Crippen LogP contribution in [0, 0.1) is 27.7 Å². The van der Waals surface area contributed by atoms with Gasteiger partial charge in [-0.3, -0.25) is 0 Å². The smallest absolute Gasteiger partial charge is 0.421 e. The summed E-state index contributed by atoms with van der Waals surface area (Å²) in [6.07, 6.45) is -23.3. The minimum atomic E-state index is -5.22. The van der Waals surface area contributed by atoms with Crippen LogP contribution < -0.4 is 41.0 Å². The molecule has 0 heterocycles. The van der Waals surface area contributed by atoms with Gasteiger partial charge in [0.15, 0.2) is 22.4 Å². The molecule has 8 rings (SSSR count). The van der Waals surface area contributed by atoms with Crippen LogP contribution in [-0.4, -0.2) is 118 Å². The standard InChI is InChI=1S/C75H80F12N4O11/c1-41-56(25-29-60(88)64(41)68(5,95)72(76,77)78)58-27-31-62(66(43(58)3)70(7,97)74(82,83)84)90-35-49(92)37-99-52-17-9-45(10-18-52)33-47-13-21-54(22-14-47)101-39-51(94)40-102-55-23-15-48(16-24-55)34-46-11-19-53(20-12-46)100-38-50(93)36-91-63-32-28-59(44(4)67(63)71(8,98)75(85,86)87)57-26-30-61(89)65(42(57)2)69(6,96)73(79,80)81/h9-32,49-51,90-98H,33-40,88-89H2,1-8H3. The van der Waals surface area contributed by atoms with Crippen LogP contribution in [0.2, 0.25) is 0 Å². The Hall–Kier alpha value is -8.96. The van der Waals surface area contributed by atoms with Crippen LogP contribution in [-0.2, 0) is 35.2 Å². The average Bonchev–Trinajstić information content (AvgIpc) is 0.747. The summed E-state index contributed by atoms with van der Waals surface area (Å²) in [4.78, 5) is 0. The van der Waals surface area contributed by atoms with Gasteiger partial charge in [0.25, 0.3) is 0 Å².